The van der Waals surface area contributed by atoms with Gasteiger partial charge in [0.25, 0.3) is 0 Å². The summed E-state index contributed by atoms with van der Waals surface area (Å²) in [6, 6.07) is 2.78. The second-order valence-electron chi connectivity index (χ2n) is 6.16. The second kappa shape index (κ2) is 5.87. The predicted molar refractivity (Wildman–Crippen MR) is 75.6 cm³/mol. The molecule has 2 N–H and O–H groups in total. The van der Waals surface area contributed by atoms with Crippen molar-refractivity contribution in [1.29, 1.82) is 0 Å². The molecule has 102 valence electrons. The summed E-state index contributed by atoms with van der Waals surface area (Å²) < 4.78 is 2.18. The fourth-order valence-corrected chi connectivity index (χ4v) is 3.09. The standard InChI is InChI=1S/C15H27N3/c1-3-10-15(2,16)12-13-9-11-18(17-13)14-7-5-4-6-8-14/h9,11,14H,3-8,10,12,16H2,1-2H3. The van der Waals surface area contributed by atoms with Crippen LogP contribution in [0.25, 0.3) is 0 Å². The number of hydrogen-bond donors (Lipinski definition) is 1. The molecule has 1 heterocycles. The van der Waals surface area contributed by atoms with Gasteiger partial charge in [-0.05, 0) is 32.3 Å². The zero-order chi connectivity index (χ0) is 13.0. The molecule has 1 aromatic rings. The summed E-state index contributed by atoms with van der Waals surface area (Å²) in [4.78, 5) is 0. The molecule has 0 aromatic carbocycles. The number of rotatable bonds is 5. The van der Waals surface area contributed by atoms with E-state index in [2.05, 4.69) is 30.8 Å². The van der Waals surface area contributed by atoms with Crippen LogP contribution < -0.4 is 5.73 Å². The smallest absolute Gasteiger partial charge is 0.0642 e. The summed E-state index contributed by atoms with van der Waals surface area (Å²) >= 11 is 0. The fraction of sp³-hybridized carbons (Fsp3) is 0.800. The van der Waals surface area contributed by atoms with Crippen LogP contribution in [0, 0.1) is 0 Å². The van der Waals surface area contributed by atoms with Crippen molar-refractivity contribution >= 4 is 0 Å². The third-order valence-electron chi connectivity index (χ3n) is 4.02. The summed E-state index contributed by atoms with van der Waals surface area (Å²) in [5.74, 6) is 0. The van der Waals surface area contributed by atoms with Crippen LogP contribution in [0.4, 0.5) is 0 Å². The Balaban J connectivity index is 1.97. The van der Waals surface area contributed by atoms with Crippen molar-refractivity contribution in [3.8, 4) is 0 Å². The maximum atomic E-state index is 6.30. The Labute approximate surface area is 111 Å². The molecule has 0 bridgehead atoms. The van der Waals surface area contributed by atoms with Gasteiger partial charge in [0.1, 0.15) is 0 Å². The van der Waals surface area contributed by atoms with E-state index in [9.17, 15) is 0 Å². The van der Waals surface area contributed by atoms with Crippen LogP contribution in [0.2, 0.25) is 0 Å². The molecule has 0 saturated heterocycles. The number of nitrogens with two attached hydrogens (primary N) is 1. The summed E-state index contributed by atoms with van der Waals surface area (Å²) in [6.45, 7) is 4.32. The predicted octanol–water partition coefficient (Wildman–Crippen LogP) is 3.45. The molecule has 1 aliphatic rings. The van der Waals surface area contributed by atoms with Crippen LogP contribution >= 0.6 is 0 Å². The zero-order valence-corrected chi connectivity index (χ0v) is 11.9. The normalized spacial score (nSPS) is 20.8. The topological polar surface area (TPSA) is 43.8 Å². The van der Waals surface area contributed by atoms with Gasteiger partial charge in [-0.3, -0.25) is 4.68 Å². The Morgan fingerprint density at radius 1 is 1.39 bits per heavy atom. The van der Waals surface area contributed by atoms with Crippen LogP contribution in [0.3, 0.4) is 0 Å². The third-order valence-corrected chi connectivity index (χ3v) is 4.02. The number of hydrogen-bond acceptors (Lipinski definition) is 2. The van der Waals surface area contributed by atoms with Crippen LogP contribution in [0.15, 0.2) is 12.3 Å². The summed E-state index contributed by atoms with van der Waals surface area (Å²) in [5.41, 5.74) is 7.34. The second-order valence-corrected chi connectivity index (χ2v) is 6.16. The first-order valence-corrected chi connectivity index (χ1v) is 7.43. The van der Waals surface area contributed by atoms with Crippen LogP contribution in [-0.2, 0) is 6.42 Å². The van der Waals surface area contributed by atoms with Gasteiger partial charge in [0.2, 0.25) is 0 Å². The van der Waals surface area contributed by atoms with Crippen LogP contribution in [-0.4, -0.2) is 15.3 Å². The molecule has 1 atom stereocenters. The molecule has 2 rings (SSSR count). The summed E-state index contributed by atoms with van der Waals surface area (Å²) in [5, 5.41) is 4.74. The molecule has 0 spiro atoms. The average Bonchev–Trinajstić information content (AvgIpc) is 2.77. The van der Waals surface area contributed by atoms with E-state index in [4.69, 9.17) is 10.8 Å². The Kier molecular flexibility index (Phi) is 4.44. The molecule has 3 heteroatoms. The van der Waals surface area contributed by atoms with Crippen LogP contribution in [0.1, 0.15) is 70.5 Å². The van der Waals surface area contributed by atoms with Crippen molar-refractivity contribution in [1.82, 2.24) is 9.78 Å². The van der Waals surface area contributed by atoms with Crippen molar-refractivity contribution in [2.24, 2.45) is 5.73 Å². The number of nitrogens with zero attached hydrogens (tertiary/aromatic N) is 2. The van der Waals surface area contributed by atoms with E-state index in [0.29, 0.717) is 6.04 Å². The molecule has 0 radical (unpaired) electrons. The first kappa shape index (κ1) is 13.6. The first-order chi connectivity index (χ1) is 8.61. The highest BCUT2D eigenvalue weighted by Gasteiger charge is 2.21. The molecule has 1 saturated carbocycles. The number of aromatic nitrogens is 2. The summed E-state index contributed by atoms with van der Waals surface area (Å²) in [7, 11) is 0. The molecule has 0 amide bonds. The van der Waals surface area contributed by atoms with Crippen molar-refractivity contribution < 1.29 is 0 Å². The Morgan fingerprint density at radius 3 is 2.78 bits per heavy atom. The Bertz CT molecular complexity index is 362. The minimum absolute atomic E-state index is 0.111. The minimum Gasteiger partial charge on any atom is -0.325 e. The molecule has 1 aliphatic carbocycles. The maximum Gasteiger partial charge on any atom is 0.0642 e. The van der Waals surface area contributed by atoms with Gasteiger partial charge >= 0.3 is 0 Å². The van der Waals surface area contributed by atoms with Gasteiger partial charge in [-0.25, -0.2) is 0 Å². The maximum absolute atomic E-state index is 6.30. The van der Waals surface area contributed by atoms with E-state index in [0.717, 1.165) is 25.0 Å². The van der Waals surface area contributed by atoms with E-state index in [-0.39, 0.29) is 5.54 Å². The van der Waals surface area contributed by atoms with Gasteiger partial charge in [0.15, 0.2) is 0 Å². The average molecular weight is 249 g/mol. The van der Waals surface area contributed by atoms with Crippen molar-refractivity contribution in [3.05, 3.63) is 18.0 Å². The molecule has 1 unspecified atom stereocenters. The van der Waals surface area contributed by atoms with E-state index in [1.165, 1.54) is 32.1 Å². The molecule has 1 fully saturated rings. The molecule has 1 aromatic heterocycles. The molecule has 18 heavy (non-hydrogen) atoms. The largest absolute Gasteiger partial charge is 0.325 e. The lowest BCUT2D eigenvalue weighted by Crippen LogP contribution is -2.38. The molecule has 3 nitrogen and oxygen atoms in total. The molecule has 0 aliphatic heterocycles. The third kappa shape index (κ3) is 3.58. The van der Waals surface area contributed by atoms with E-state index in [1.807, 2.05) is 0 Å². The molecular formula is C15H27N3. The first-order valence-electron chi connectivity index (χ1n) is 7.43. The Hall–Kier alpha value is -0.830. The van der Waals surface area contributed by atoms with Gasteiger partial charge in [-0.1, -0.05) is 32.6 Å². The van der Waals surface area contributed by atoms with Crippen molar-refractivity contribution in [2.75, 3.05) is 0 Å². The summed E-state index contributed by atoms with van der Waals surface area (Å²) in [6.07, 6.45) is 11.9. The SMILES string of the molecule is CCCC(C)(N)Cc1ccn(C2CCCCC2)n1. The fourth-order valence-electron chi connectivity index (χ4n) is 3.09. The van der Waals surface area contributed by atoms with E-state index < -0.39 is 0 Å². The highest BCUT2D eigenvalue weighted by Crippen LogP contribution is 2.27. The van der Waals surface area contributed by atoms with Gasteiger partial charge in [0, 0.05) is 18.2 Å². The van der Waals surface area contributed by atoms with E-state index >= 15 is 0 Å². The van der Waals surface area contributed by atoms with Crippen LogP contribution in [0.5, 0.6) is 0 Å². The lowest BCUT2D eigenvalue weighted by atomic mass is 9.92. The van der Waals surface area contributed by atoms with Gasteiger partial charge in [-0.2, -0.15) is 5.10 Å². The van der Waals surface area contributed by atoms with Gasteiger partial charge in [0.05, 0.1) is 11.7 Å². The molecular weight excluding hydrogens is 222 g/mol. The van der Waals surface area contributed by atoms with Gasteiger partial charge in [-0.15, -0.1) is 0 Å². The highest BCUT2D eigenvalue weighted by atomic mass is 15.3. The lowest BCUT2D eigenvalue weighted by molar-refractivity contribution is 0.326. The van der Waals surface area contributed by atoms with Crippen molar-refractivity contribution in [2.45, 2.75) is 76.8 Å². The monoisotopic (exact) mass is 249 g/mol. The minimum atomic E-state index is -0.111. The Morgan fingerprint density at radius 2 is 2.11 bits per heavy atom. The van der Waals surface area contributed by atoms with Gasteiger partial charge < -0.3 is 5.73 Å². The quantitative estimate of drug-likeness (QED) is 0.868. The zero-order valence-electron chi connectivity index (χ0n) is 11.9. The van der Waals surface area contributed by atoms with Crippen molar-refractivity contribution in [3.63, 3.8) is 0 Å². The van der Waals surface area contributed by atoms with E-state index in [1.54, 1.807) is 0 Å². The lowest BCUT2D eigenvalue weighted by Gasteiger charge is -2.23. The highest BCUT2D eigenvalue weighted by molar-refractivity contribution is 5.05.